The molecule has 0 spiro atoms. The Balaban J connectivity index is 2.66. The summed E-state index contributed by atoms with van der Waals surface area (Å²) in [6.07, 6.45) is -2.76. The molecule has 0 radical (unpaired) electrons. The van der Waals surface area contributed by atoms with Gasteiger partial charge in [0.15, 0.2) is 5.76 Å². The van der Waals surface area contributed by atoms with E-state index in [2.05, 4.69) is 4.98 Å². The lowest BCUT2D eigenvalue weighted by Crippen LogP contribution is -1.96. The molecule has 6 heteroatoms. The van der Waals surface area contributed by atoms with E-state index in [0.717, 1.165) is 0 Å². The van der Waals surface area contributed by atoms with Gasteiger partial charge in [-0.3, -0.25) is 0 Å². The highest BCUT2D eigenvalue weighted by molar-refractivity contribution is 7.71. The van der Waals surface area contributed by atoms with Crippen molar-refractivity contribution in [3.8, 4) is 17.5 Å². The number of halogens is 2. The van der Waals surface area contributed by atoms with E-state index in [-0.39, 0.29) is 15.8 Å². The standard InChI is InChI=1S/C12H8F2N2OS/c1-6-2-3-10(17-6)9-4-7(11(13)14)8(5-15)12(18)16-9/h2-4,11H,1H3,(H,16,18). The summed E-state index contributed by atoms with van der Waals surface area (Å²) in [6.45, 7) is 1.75. The van der Waals surface area contributed by atoms with E-state index in [0.29, 0.717) is 17.2 Å². The normalized spacial score (nSPS) is 10.6. The van der Waals surface area contributed by atoms with Gasteiger partial charge in [0.05, 0.1) is 11.3 Å². The molecule has 0 amide bonds. The van der Waals surface area contributed by atoms with Crippen LogP contribution in [0.2, 0.25) is 0 Å². The molecular weight excluding hydrogens is 258 g/mol. The van der Waals surface area contributed by atoms with Crippen molar-refractivity contribution in [3.05, 3.63) is 39.7 Å². The summed E-state index contributed by atoms with van der Waals surface area (Å²) in [4.78, 5) is 2.72. The van der Waals surface area contributed by atoms with Crippen LogP contribution in [0.4, 0.5) is 8.78 Å². The number of H-pyrrole nitrogens is 1. The fraction of sp³-hybridized carbons (Fsp3) is 0.167. The number of nitrogens with one attached hydrogen (secondary N) is 1. The lowest BCUT2D eigenvalue weighted by atomic mass is 10.1. The third kappa shape index (κ3) is 2.17. The van der Waals surface area contributed by atoms with Gasteiger partial charge >= 0.3 is 0 Å². The van der Waals surface area contributed by atoms with Crippen molar-refractivity contribution in [1.29, 1.82) is 5.26 Å². The van der Waals surface area contributed by atoms with Gasteiger partial charge in [-0.2, -0.15) is 5.26 Å². The van der Waals surface area contributed by atoms with E-state index in [1.165, 1.54) is 6.07 Å². The summed E-state index contributed by atoms with van der Waals surface area (Å²) >= 11 is 4.90. The number of aryl methyl sites for hydroxylation is 1. The highest BCUT2D eigenvalue weighted by Gasteiger charge is 2.17. The topological polar surface area (TPSA) is 52.7 Å². The maximum absolute atomic E-state index is 12.9. The largest absolute Gasteiger partial charge is 0.460 e. The van der Waals surface area contributed by atoms with Gasteiger partial charge in [-0.15, -0.1) is 0 Å². The van der Waals surface area contributed by atoms with Crippen molar-refractivity contribution >= 4 is 12.2 Å². The van der Waals surface area contributed by atoms with Gasteiger partial charge in [-0.1, -0.05) is 12.2 Å². The predicted octanol–water partition coefficient (Wildman–Crippen LogP) is 4.12. The zero-order chi connectivity index (χ0) is 13.3. The molecule has 0 aromatic carbocycles. The van der Waals surface area contributed by atoms with Crippen LogP contribution in [0, 0.1) is 22.9 Å². The second kappa shape index (κ2) is 4.70. The number of pyridine rings is 1. The highest BCUT2D eigenvalue weighted by Crippen LogP contribution is 2.28. The van der Waals surface area contributed by atoms with E-state index in [1.807, 2.05) is 0 Å². The smallest absolute Gasteiger partial charge is 0.265 e. The number of hydrogen-bond donors (Lipinski definition) is 1. The van der Waals surface area contributed by atoms with Gasteiger partial charge in [0, 0.05) is 5.56 Å². The molecular formula is C12H8F2N2OS. The third-order valence-corrected chi connectivity index (χ3v) is 2.72. The average molecular weight is 266 g/mol. The number of furan rings is 1. The number of alkyl halides is 2. The van der Waals surface area contributed by atoms with Gasteiger partial charge in [-0.05, 0) is 25.1 Å². The number of aromatic amines is 1. The van der Waals surface area contributed by atoms with Crippen LogP contribution in [-0.2, 0) is 0 Å². The van der Waals surface area contributed by atoms with E-state index >= 15 is 0 Å². The van der Waals surface area contributed by atoms with Crippen molar-refractivity contribution in [2.24, 2.45) is 0 Å². The lowest BCUT2D eigenvalue weighted by molar-refractivity contribution is 0.151. The molecule has 0 atom stereocenters. The number of aromatic nitrogens is 1. The zero-order valence-electron chi connectivity index (χ0n) is 9.33. The molecule has 0 aliphatic rings. The van der Waals surface area contributed by atoms with Crippen LogP contribution in [0.3, 0.4) is 0 Å². The van der Waals surface area contributed by atoms with Gasteiger partial charge in [-0.25, -0.2) is 8.78 Å². The summed E-state index contributed by atoms with van der Waals surface area (Å²) in [5.74, 6) is 1.07. The van der Waals surface area contributed by atoms with Gasteiger partial charge in [0.25, 0.3) is 6.43 Å². The Hall–Kier alpha value is -2.00. The summed E-state index contributed by atoms with van der Waals surface area (Å²) in [5.41, 5.74) is -0.250. The Morgan fingerprint density at radius 3 is 2.67 bits per heavy atom. The van der Waals surface area contributed by atoms with Crippen LogP contribution < -0.4 is 0 Å². The molecule has 0 fully saturated rings. The van der Waals surface area contributed by atoms with Crippen LogP contribution in [-0.4, -0.2) is 4.98 Å². The molecule has 2 heterocycles. The van der Waals surface area contributed by atoms with Crippen LogP contribution in [0.15, 0.2) is 22.6 Å². The van der Waals surface area contributed by atoms with Gasteiger partial charge in [0.2, 0.25) is 0 Å². The first-order chi connectivity index (χ1) is 8.52. The van der Waals surface area contributed by atoms with E-state index in [1.54, 1.807) is 25.1 Å². The molecule has 2 aromatic heterocycles. The molecule has 0 aliphatic carbocycles. The second-order valence-electron chi connectivity index (χ2n) is 3.67. The summed E-state index contributed by atoms with van der Waals surface area (Å²) < 4.78 is 31.0. The zero-order valence-corrected chi connectivity index (χ0v) is 10.1. The fourth-order valence-corrected chi connectivity index (χ4v) is 1.85. The minimum absolute atomic E-state index is 0.0145. The number of nitrogens with zero attached hydrogens (tertiary/aromatic N) is 1. The highest BCUT2D eigenvalue weighted by atomic mass is 32.1. The van der Waals surface area contributed by atoms with Crippen LogP contribution in [0.1, 0.15) is 23.3 Å². The van der Waals surface area contributed by atoms with Crippen molar-refractivity contribution in [3.63, 3.8) is 0 Å². The molecule has 0 bridgehead atoms. The van der Waals surface area contributed by atoms with Gasteiger partial charge < -0.3 is 9.40 Å². The summed E-state index contributed by atoms with van der Waals surface area (Å²) in [5, 5.41) is 8.82. The molecule has 0 unspecified atom stereocenters. The third-order valence-electron chi connectivity index (χ3n) is 2.42. The van der Waals surface area contributed by atoms with Gasteiger partial charge in [0.1, 0.15) is 16.5 Å². The van der Waals surface area contributed by atoms with Crippen molar-refractivity contribution in [1.82, 2.24) is 4.98 Å². The van der Waals surface area contributed by atoms with E-state index < -0.39 is 6.43 Å². The van der Waals surface area contributed by atoms with Crippen molar-refractivity contribution in [2.75, 3.05) is 0 Å². The maximum atomic E-state index is 12.9. The maximum Gasteiger partial charge on any atom is 0.265 e. The molecule has 3 nitrogen and oxygen atoms in total. The SMILES string of the molecule is Cc1ccc(-c2cc(C(F)F)c(C#N)c(=S)[nH]2)o1. The van der Waals surface area contributed by atoms with Crippen LogP contribution in [0.5, 0.6) is 0 Å². The van der Waals surface area contributed by atoms with E-state index in [9.17, 15) is 8.78 Å². The molecule has 2 rings (SSSR count). The van der Waals surface area contributed by atoms with Crippen molar-refractivity contribution < 1.29 is 13.2 Å². The quantitative estimate of drug-likeness (QED) is 0.832. The summed E-state index contributed by atoms with van der Waals surface area (Å²) in [6, 6.07) is 6.24. The minimum atomic E-state index is -2.76. The average Bonchev–Trinajstić information content (AvgIpc) is 2.74. The Kier molecular flexibility index (Phi) is 3.26. The molecule has 1 N–H and O–H groups in total. The summed E-state index contributed by atoms with van der Waals surface area (Å²) in [7, 11) is 0. The molecule has 18 heavy (non-hydrogen) atoms. The first-order valence-corrected chi connectivity index (χ1v) is 5.46. The predicted molar refractivity (Wildman–Crippen MR) is 63.7 cm³/mol. The Morgan fingerprint density at radius 2 is 2.17 bits per heavy atom. The van der Waals surface area contributed by atoms with Crippen molar-refractivity contribution in [2.45, 2.75) is 13.3 Å². The Bertz CT molecular complexity index is 682. The fourth-order valence-electron chi connectivity index (χ4n) is 1.58. The first kappa shape index (κ1) is 12.5. The second-order valence-corrected chi connectivity index (χ2v) is 4.07. The Morgan fingerprint density at radius 1 is 1.44 bits per heavy atom. The number of rotatable bonds is 2. The molecule has 0 saturated heterocycles. The molecule has 0 aliphatic heterocycles. The molecule has 2 aromatic rings. The molecule has 0 saturated carbocycles. The first-order valence-electron chi connectivity index (χ1n) is 5.05. The Labute approximate surface area is 107 Å². The minimum Gasteiger partial charge on any atom is -0.460 e. The monoisotopic (exact) mass is 266 g/mol. The van der Waals surface area contributed by atoms with Crippen LogP contribution in [0.25, 0.3) is 11.5 Å². The number of nitriles is 1. The lowest BCUT2D eigenvalue weighted by Gasteiger charge is -2.05. The van der Waals surface area contributed by atoms with E-state index in [4.69, 9.17) is 21.9 Å². The van der Waals surface area contributed by atoms with Crippen LogP contribution >= 0.6 is 12.2 Å². The molecule has 92 valence electrons. The number of hydrogen-bond acceptors (Lipinski definition) is 3.